The topological polar surface area (TPSA) is 62.7 Å². The van der Waals surface area contributed by atoms with Crippen molar-refractivity contribution in [3.05, 3.63) is 53.6 Å². The molecule has 0 fully saturated rings. The van der Waals surface area contributed by atoms with Gasteiger partial charge in [0, 0.05) is 30.7 Å². The molecular formula is C21H22F3N3O2. The van der Waals surface area contributed by atoms with E-state index in [0.717, 1.165) is 11.6 Å². The maximum absolute atomic E-state index is 13.6. The van der Waals surface area contributed by atoms with E-state index in [9.17, 15) is 18.0 Å². The third-order valence-corrected chi connectivity index (χ3v) is 4.74. The minimum absolute atomic E-state index is 0.0238. The van der Waals surface area contributed by atoms with E-state index in [1.807, 2.05) is 6.92 Å². The lowest BCUT2D eigenvalue weighted by atomic mass is 10.0. The Morgan fingerprint density at radius 3 is 2.72 bits per heavy atom. The Morgan fingerprint density at radius 2 is 2.03 bits per heavy atom. The number of rotatable bonds is 7. The van der Waals surface area contributed by atoms with Crippen molar-refractivity contribution in [1.29, 1.82) is 0 Å². The second-order valence-electron chi connectivity index (χ2n) is 6.76. The summed E-state index contributed by atoms with van der Waals surface area (Å²) in [5.74, 6) is -0.890. The Labute approximate surface area is 167 Å². The van der Waals surface area contributed by atoms with Gasteiger partial charge in [-0.2, -0.15) is 13.2 Å². The van der Waals surface area contributed by atoms with E-state index in [1.165, 1.54) is 25.5 Å². The zero-order valence-corrected chi connectivity index (χ0v) is 16.1. The van der Waals surface area contributed by atoms with E-state index in [-0.39, 0.29) is 23.3 Å². The number of nitrogens with zero attached hydrogens (tertiary/aromatic N) is 1. The van der Waals surface area contributed by atoms with E-state index < -0.39 is 17.7 Å². The van der Waals surface area contributed by atoms with Crippen molar-refractivity contribution in [3.63, 3.8) is 0 Å². The van der Waals surface area contributed by atoms with Gasteiger partial charge in [0.1, 0.15) is 5.92 Å². The Bertz CT molecular complexity index is 912. The van der Waals surface area contributed by atoms with Crippen molar-refractivity contribution in [1.82, 2.24) is 0 Å². The molecule has 0 aliphatic carbocycles. The van der Waals surface area contributed by atoms with Crippen LogP contribution in [0.1, 0.15) is 30.4 Å². The lowest BCUT2D eigenvalue weighted by Gasteiger charge is -2.21. The normalized spacial score (nSPS) is 17.3. The molecule has 0 saturated carbocycles. The van der Waals surface area contributed by atoms with E-state index in [4.69, 9.17) is 4.74 Å². The Balaban J connectivity index is 1.87. The number of amides is 1. The Morgan fingerprint density at radius 1 is 1.28 bits per heavy atom. The van der Waals surface area contributed by atoms with Crippen molar-refractivity contribution < 1.29 is 22.7 Å². The molecule has 5 nitrogen and oxygen atoms in total. The number of aliphatic imine (C=N–C) groups is 1. The number of carbonyl (C=O) groups excluding carboxylic acids is 1. The van der Waals surface area contributed by atoms with Gasteiger partial charge >= 0.3 is 6.18 Å². The number of alkyl halides is 3. The minimum atomic E-state index is -4.55. The van der Waals surface area contributed by atoms with Crippen LogP contribution in [0, 0.1) is 0 Å². The lowest BCUT2D eigenvalue weighted by molar-refractivity contribution is -0.137. The van der Waals surface area contributed by atoms with Crippen LogP contribution in [0.4, 0.5) is 30.2 Å². The molecule has 2 aromatic rings. The molecule has 1 heterocycles. The monoisotopic (exact) mass is 405 g/mol. The summed E-state index contributed by atoms with van der Waals surface area (Å²) in [7, 11) is 1.50. The molecule has 0 aromatic heterocycles. The molecule has 2 aromatic carbocycles. The van der Waals surface area contributed by atoms with Crippen LogP contribution in [0.2, 0.25) is 0 Å². The highest BCUT2D eigenvalue weighted by atomic mass is 19.4. The number of methoxy groups -OCH3 is 1. The van der Waals surface area contributed by atoms with E-state index >= 15 is 0 Å². The minimum Gasteiger partial charge on any atom is -0.383 e. The van der Waals surface area contributed by atoms with Gasteiger partial charge < -0.3 is 15.4 Å². The van der Waals surface area contributed by atoms with Crippen molar-refractivity contribution in [2.75, 3.05) is 24.4 Å². The first kappa shape index (κ1) is 20.9. The molecule has 1 amide bonds. The van der Waals surface area contributed by atoms with E-state index in [0.29, 0.717) is 18.7 Å². The molecular weight excluding hydrogens is 383 g/mol. The molecule has 8 heteroatoms. The summed E-state index contributed by atoms with van der Waals surface area (Å²) in [5, 5.41) is 5.62. The molecule has 0 radical (unpaired) electrons. The molecule has 2 unspecified atom stereocenters. The molecule has 2 N–H and O–H groups in total. The van der Waals surface area contributed by atoms with Crippen molar-refractivity contribution in [3.8, 4) is 0 Å². The quantitative estimate of drug-likeness (QED) is 0.639. The zero-order chi connectivity index (χ0) is 21.0. The number of benzene rings is 2. The fourth-order valence-electron chi connectivity index (χ4n) is 3.20. The fraction of sp³-hybridized carbons (Fsp3) is 0.333. The van der Waals surface area contributed by atoms with Crippen LogP contribution < -0.4 is 10.6 Å². The molecule has 3 rings (SSSR count). The van der Waals surface area contributed by atoms with Crippen molar-refractivity contribution >= 4 is 29.2 Å². The third kappa shape index (κ3) is 4.76. The largest absolute Gasteiger partial charge is 0.418 e. The van der Waals surface area contributed by atoms with Crippen LogP contribution in [0.25, 0.3) is 0 Å². The van der Waals surface area contributed by atoms with Gasteiger partial charge in [-0.25, -0.2) is 0 Å². The summed E-state index contributed by atoms with van der Waals surface area (Å²) in [4.78, 5) is 16.3. The van der Waals surface area contributed by atoms with Gasteiger partial charge in [0.25, 0.3) is 0 Å². The van der Waals surface area contributed by atoms with E-state index in [1.54, 1.807) is 24.3 Å². The first-order chi connectivity index (χ1) is 13.8. The molecule has 0 spiro atoms. The molecule has 0 bridgehead atoms. The number of halogens is 3. The summed E-state index contributed by atoms with van der Waals surface area (Å²) < 4.78 is 45.8. The number of para-hydroxylation sites is 1. The fourth-order valence-corrected chi connectivity index (χ4v) is 3.20. The summed E-state index contributed by atoms with van der Waals surface area (Å²) in [6, 6.07) is 10.8. The van der Waals surface area contributed by atoms with Gasteiger partial charge in [0.15, 0.2) is 0 Å². The molecule has 1 aliphatic rings. The second-order valence-corrected chi connectivity index (χ2v) is 6.76. The smallest absolute Gasteiger partial charge is 0.383 e. The molecule has 154 valence electrons. The Kier molecular flexibility index (Phi) is 6.22. The molecule has 29 heavy (non-hydrogen) atoms. The average molecular weight is 405 g/mol. The van der Waals surface area contributed by atoms with Crippen molar-refractivity contribution in [2.45, 2.75) is 31.5 Å². The number of nitrogens with one attached hydrogen (secondary N) is 2. The first-order valence-corrected chi connectivity index (χ1v) is 9.24. The highest BCUT2D eigenvalue weighted by Gasteiger charge is 2.34. The van der Waals surface area contributed by atoms with Crippen LogP contribution in [0.15, 0.2) is 47.5 Å². The molecule has 1 aliphatic heterocycles. The van der Waals surface area contributed by atoms with Crippen molar-refractivity contribution in [2.24, 2.45) is 4.99 Å². The number of ether oxygens (including phenoxy) is 1. The van der Waals surface area contributed by atoms with Gasteiger partial charge in [0.05, 0.1) is 17.9 Å². The van der Waals surface area contributed by atoms with Gasteiger partial charge in [-0.1, -0.05) is 25.1 Å². The second kappa shape index (κ2) is 8.65. The van der Waals surface area contributed by atoms with E-state index in [2.05, 4.69) is 15.6 Å². The maximum atomic E-state index is 13.6. The number of anilines is 2. The summed E-state index contributed by atoms with van der Waals surface area (Å²) >= 11 is 0. The summed E-state index contributed by atoms with van der Waals surface area (Å²) in [5.41, 5.74) is 0.733. The maximum Gasteiger partial charge on any atom is 0.418 e. The van der Waals surface area contributed by atoms with Gasteiger partial charge in [-0.15, -0.1) is 0 Å². The van der Waals surface area contributed by atoms with Crippen LogP contribution in [0.3, 0.4) is 0 Å². The number of hydrogen-bond acceptors (Lipinski definition) is 4. The van der Waals surface area contributed by atoms with Crippen LogP contribution in [-0.4, -0.2) is 31.9 Å². The standard InChI is InChI=1S/C21H22F3N3O2/c1-3-13(12-29-2)26-19-9-8-14(10-17(19)21(22,23)24)25-11-16-15-6-4-5-7-18(15)27-20(16)28/h4-11,13,16,26H,3,12H2,1-2H3,(H,27,28). The van der Waals surface area contributed by atoms with Crippen LogP contribution in [-0.2, 0) is 15.7 Å². The predicted molar refractivity (Wildman–Crippen MR) is 107 cm³/mol. The number of hydrogen-bond donors (Lipinski definition) is 2. The Hall–Kier alpha value is -2.87. The van der Waals surface area contributed by atoms with Gasteiger partial charge in [-0.05, 0) is 36.2 Å². The van der Waals surface area contributed by atoms with Crippen LogP contribution >= 0.6 is 0 Å². The first-order valence-electron chi connectivity index (χ1n) is 9.24. The SMILES string of the molecule is CCC(COC)Nc1ccc(N=CC2C(=O)Nc3ccccc32)cc1C(F)(F)F. The highest BCUT2D eigenvalue weighted by Crippen LogP contribution is 2.38. The summed E-state index contributed by atoms with van der Waals surface area (Å²) in [6.07, 6.45) is -2.55. The third-order valence-electron chi connectivity index (χ3n) is 4.74. The molecule has 2 atom stereocenters. The predicted octanol–water partition coefficient (Wildman–Crippen LogP) is 4.98. The summed E-state index contributed by atoms with van der Waals surface area (Å²) in [6.45, 7) is 2.16. The lowest BCUT2D eigenvalue weighted by Crippen LogP contribution is -2.25. The van der Waals surface area contributed by atoms with Crippen LogP contribution in [0.5, 0.6) is 0 Å². The highest BCUT2D eigenvalue weighted by molar-refractivity contribution is 6.12. The molecule has 0 saturated heterocycles. The number of carbonyl (C=O) groups is 1. The number of fused-ring (bicyclic) bond motifs is 1. The van der Waals surface area contributed by atoms with Gasteiger partial charge in [-0.3, -0.25) is 9.79 Å². The van der Waals surface area contributed by atoms with Gasteiger partial charge in [0.2, 0.25) is 5.91 Å². The zero-order valence-electron chi connectivity index (χ0n) is 16.1. The average Bonchev–Trinajstić information content (AvgIpc) is 3.01.